The summed E-state index contributed by atoms with van der Waals surface area (Å²) in [5.41, 5.74) is 0. The molecule has 14 heavy (non-hydrogen) atoms. The van der Waals surface area contributed by atoms with Gasteiger partial charge in [-0.1, -0.05) is 67.2 Å². The summed E-state index contributed by atoms with van der Waals surface area (Å²) in [6.45, 7) is 14.2. The van der Waals surface area contributed by atoms with Gasteiger partial charge >= 0.3 is 0 Å². The molecule has 86 valence electrons. The maximum Gasteiger partial charge on any atom is -0.0394 e. The highest BCUT2D eigenvalue weighted by Crippen LogP contribution is 2.26. The van der Waals surface area contributed by atoms with E-state index in [4.69, 9.17) is 0 Å². The van der Waals surface area contributed by atoms with Gasteiger partial charge in [-0.3, -0.25) is 0 Å². The van der Waals surface area contributed by atoms with Crippen LogP contribution in [-0.4, -0.2) is 0 Å². The Morgan fingerprint density at radius 2 is 1.14 bits per heavy atom. The summed E-state index contributed by atoms with van der Waals surface area (Å²) in [4.78, 5) is 0. The predicted octanol–water partition coefficient (Wildman–Crippen LogP) is 5.13. The lowest BCUT2D eigenvalue weighted by atomic mass is 9.82. The van der Waals surface area contributed by atoms with E-state index >= 15 is 0 Å². The molecule has 0 rings (SSSR count). The molecule has 0 saturated carbocycles. The Morgan fingerprint density at radius 3 is 1.50 bits per heavy atom. The van der Waals surface area contributed by atoms with Gasteiger partial charge in [0.1, 0.15) is 0 Å². The molecule has 0 N–H and O–H groups in total. The monoisotopic (exact) mass is 198 g/mol. The van der Waals surface area contributed by atoms with Gasteiger partial charge in [0, 0.05) is 0 Å². The molecule has 0 fully saturated rings. The maximum absolute atomic E-state index is 2.44. The number of hydrogen-bond donors (Lipinski definition) is 0. The summed E-state index contributed by atoms with van der Waals surface area (Å²) >= 11 is 0. The lowest BCUT2D eigenvalue weighted by molar-refractivity contribution is 0.276. The van der Waals surface area contributed by atoms with Crippen molar-refractivity contribution in [1.82, 2.24) is 0 Å². The second-order valence-corrected chi connectivity index (χ2v) is 5.35. The lowest BCUT2D eigenvalue weighted by Gasteiger charge is -2.23. The zero-order valence-electron chi connectivity index (χ0n) is 11.1. The molecule has 0 aromatic rings. The highest BCUT2D eigenvalue weighted by atomic mass is 14.2. The molecule has 0 aromatic carbocycles. The molecule has 0 aliphatic rings. The molecule has 0 aliphatic carbocycles. The number of hydrogen-bond acceptors (Lipinski definition) is 0. The maximum atomic E-state index is 2.44. The van der Waals surface area contributed by atoms with E-state index in [0.717, 1.165) is 23.7 Å². The van der Waals surface area contributed by atoms with Crippen molar-refractivity contribution in [1.29, 1.82) is 0 Å². The third-order valence-electron chi connectivity index (χ3n) is 4.07. The average molecular weight is 198 g/mol. The van der Waals surface area contributed by atoms with Crippen molar-refractivity contribution in [2.75, 3.05) is 0 Å². The fraction of sp³-hybridized carbons (Fsp3) is 1.00. The van der Waals surface area contributed by atoms with Crippen LogP contribution in [0.3, 0.4) is 0 Å². The first-order chi connectivity index (χ1) is 6.52. The third-order valence-corrected chi connectivity index (χ3v) is 4.07. The van der Waals surface area contributed by atoms with E-state index in [1.807, 2.05) is 0 Å². The van der Waals surface area contributed by atoms with E-state index in [0.29, 0.717) is 0 Å². The van der Waals surface area contributed by atoms with Crippen LogP contribution in [0.1, 0.15) is 67.2 Å². The van der Waals surface area contributed by atoms with Crippen molar-refractivity contribution >= 4 is 0 Å². The highest BCUT2D eigenvalue weighted by Gasteiger charge is 2.15. The van der Waals surface area contributed by atoms with E-state index < -0.39 is 0 Å². The molecule has 0 saturated heterocycles. The van der Waals surface area contributed by atoms with Gasteiger partial charge in [0.2, 0.25) is 0 Å². The fourth-order valence-corrected chi connectivity index (χ4v) is 2.19. The second kappa shape index (κ2) is 7.31. The molecule has 2 atom stereocenters. The molecular weight excluding hydrogens is 168 g/mol. The summed E-state index contributed by atoms with van der Waals surface area (Å²) in [5.74, 6) is 3.62. The molecule has 0 nitrogen and oxygen atoms in total. The Morgan fingerprint density at radius 1 is 0.714 bits per heavy atom. The lowest BCUT2D eigenvalue weighted by Crippen LogP contribution is -2.13. The van der Waals surface area contributed by atoms with Gasteiger partial charge in [-0.05, 0) is 23.7 Å². The van der Waals surface area contributed by atoms with Gasteiger partial charge in [-0.2, -0.15) is 0 Å². The average Bonchev–Trinajstić information content (AvgIpc) is 2.15. The first kappa shape index (κ1) is 14.0. The molecule has 0 aromatic heterocycles. The van der Waals surface area contributed by atoms with Crippen LogP contribution >= 0.6 is 0 Å². The molecule has 0 aliphatic heterocycles. The van der Waals surface area contributed by atoms with Crippen LogP contribution in [0.4, 0.5) is 0 Å². The van der Waals surface area contributed by atoms with Gasteiger partial charge in [0.05, 0.1) is 0 Å². The molecule has 0 unspecified atom stereocenters. The summed E-state index contributed by atoms with van der Waals surface area (Å²) in [7, 11) is 0. The van der Waals surface area contributed by atoms with Crippen LogP contribution in [0.2, 0.25) is 0 Å². The quantitative estimate of drug-likeness (QED) is 0.532. The minimum Gasteiger partial charge on any atom is -0.0651 e. The van der Waals surface area contributed by atoms with Crippen LogP contribution in [0, 0.1) is 23.7 Å². The minimum atomic E-state index is 0.851. The standard InChI is InChI=1S/C14H30/c1-7-14(8-2)13(6)10-9-12(5)11(3)4/h11-14H,7-10H2,1-6H3/t12-,13-/m1/s1. The third kappa shape index (κ3) is 5.02. The Bertz CT molecular complexity index is 122. The largest absolute Gasteiger partial charge is 0.0651 e. The SMILES string of the molecule is CCC(CC)[C@H](C)CC[C@@H](C)C(C)C. The van der Waals surface area contributed by atoms with Gasteiger partial charge in [0.15, 0.2) is 0 Å². The van der Waals surface area contributed by atoms with Gasteiger partial charge in [-0.25, -0.2) is 0 Å². The molecule has 0 amide bonds. The normalized spacial score (nSPS) is 16.3. The second-order valence-electron chi connectivity index (χ2n) is 5.35. The topological polar surface area (TPSA) is 0 Å². The van der Waals surface area contributed by atoms with Crippen molar-refractivity contribution in [2.45, 2.75) is 67.2 Å². The van der Waals surface area contributed by atoms with Crippen molar-refractivity contribution in [3.8, 4) is 0 Å². The molecular formula is C14H30. The first-order valence-electron chi connectivity index (χ1n) is 6.52. The van der Waals surface area contributed by atoms with Gasteiger partial charge in [0.25, 0.3) is 0 Å². The van der Waals surface area contributed by atoms with Gasteiger partial charge < -0.3 is 0 Å². The Kier molecular flexibility index (Phi) is 7.31. The van der Waals surface area contributed by atoms with Crippen LogP contribution in [-0.2, 0) is 0 Å². The molecule has 0 heterocycles. The van der Waals surface area contributed by atoms with E-state index in [1.165, 1.54) is 25.7 Å². The van der Waals surface area contributed by atoms with Crippen molar-refractivity contribution in [2.24, 2.45) is 23.7 Å². The minimum absolute atomic E-state index is 0.851. The Balaban J connectivity index is 3.77. The zero-order valence-corrected chi connectivity index (χ0v) is 11.1. The molecule has 0 radical (unpaired) electrons. The van der Waals surface area contributed by atoms with Crippen LogP contribution in [0.25, 0.3) is 0 Å². The van der Waals surface area contributed by atoms with Crippen molar-refractivity contribution < 1.29 is 0 Å². The highest BCUT2D eigenvalue weighted by molar-refractivity contribution is 4.66. The van der Waals surface area contributed by atoms with Crippen molar-refractivity contribution in [3.05, 3.63) is 0 Å². The molecule has 0 bridgehead atoms. The van der Waals surface area contributed by atoms with E-state index in [1.54, 1.807) is 0 Å². The van der Waals surface area contributed by atoms with Crippen LogP contribution in [0.5, 0.6) is 0 Å². The summed E-state index contributed by atoms with van der Waals surface area (Å²) in [5, 5.41) is 0. The summed E-state index contributed by atoms with van der Waals surface area (Å²) in [6.07, 6.45) is 5.54. The fourth-order valence-electron chi connectivity index (χ4n) is 2.19. The summed E-state index contributed by atoms with van der Waals surface area (Å²) in [6, 6.07) is 0. The predicted molar refractivity (Wildman–Crippen MR) is 66.5 cm³/mol. The Hall–Kier alpha value is 0. The number of rotatable bonds is 7. The van der Waals surface area contributed by atoms with E-state index in [2.05, 4.69) is 41.5 Å². The smallest absolute Gasteiger partial charge is 0.0394 e. The van der Waals surface area contributed by atoms with E-state index in [9.17, 15) is 0 Å². The van der Waals surface area contributed by atoms with E-state index in [-0.39, 0.29) is 0 Å². The van der Waals surface area contributed by atoms with Gasteiger partial charge in [-0.15, -0.1) is 0 Å². The van der Waals surface area contributed by atoms with Crippen LogP contribution in [0.15, 0.2) is 0 Å². The summed E-state index contributed by atoms with van der Waals surface area (Å²) < 4.78 is 0. The Labute approximate surface area is 91.5 Å². The molecule has 0 spiro atoms. The first-order valence-corrected chi connectivity index (χ1v) is 6.52. The zero-order chi connectivity index (χ0) is 11.1. The van der Waals surface area contributed by atoms with Crippen LogP contribution < -0.4 is 0 Å². The molecule has 0 heteroatoms. The van der Waals surface area contributed by atoms with Crippen molar-refractivity contribution in [3.63, 3.8) is 0 Å².